The van der Waals surface area contributed by atoms with Crippen molar-refractivity contribution in [3.8, 4) is 0 Å². The molecule has 3 aromatic carbocycles. The van der Waals surface area contributed by atoms with Crippen LogP contribution in [0.5, 0.6) is 0 Å². The maximum Gasteiger partial charge on any atom is 0.264 e. The zero-order valence-corrected chi connectivity index (χ0v) is 22.3. The zero-order chi connectivity index (χ0) is 27.2. The van der Waals surface area contributed by atoms with Crippen LogP contribution < -0.4 is 9.62 Å². The molecule has 0 radical (unpaired) electrons. The number of anilines is 1. The molecule has 196 valence electrons. The van der Waals surface area contributed by atoms with E-state index in [1.807, 2.05) is 38.1 Å². The summed E-state index contributed by atoms with van der Waals surface area (Å²) in [6.07, 6.45) is 0. The van der Waals surface area contributed by atoms with Gasteiger partial charge in [0, 0.05) is 13.1 Å². The van der Waals surface area contributed by atoms with Crippen LogP contribution in [0.15, 0.2) is 77.7 Å². The summed E-state index contributed by atoms with van der Waals surface area (Å²) in [5.74, 6) is -1.46. The molecule has 0 unspecified atom stereocenters. The van der Waals surface area contributed by atoms with Gasteiger partial charge in [0.25, 0.3) is 10.0 Å². The third-order valence-corrected chi connectivity index (χ3v) is 7.91. The number of hydrogen-bond acceptors (Lipinski definition) is 4. The molecular formula is C28H32FN3O4S. The minimum Gasteiger partial charge on any atom is -0.355 e. The van der Waals surface area contributed by atoms with Crippen molar-refractivity contribution in [3.63, 3.8) is 0 Å². The molecule has 7 nitrogen and oxygen atoms in total. The van der Waals surface area contributed by atoms with E-state index in [9.17, 15) is 22.4 Å². The van der Waals surface area contributed by atoms with E-state index < -0.39 is 34.3 Å². The van der Waals surface area contributed by atoms with Gasteiger partial charge in [-0.15, -0.1) is 0 Å². The third-order valence-electron chi connectivity index (χ3n) is 6.12. The molecule has 0 aliphatic carbocycles. The first-order valence-electron chi connectivity index (χ1n) is 12.0. The molecule has 0 bridgehead atoms. The molecule has 0 aromatic heterocycles. The van der Waals surface area contributed by atoms with E-state index in [4.69, 9.17) is 0 Å². The second-order valence-electron chi connectivity index (χ2n) is 8.82. The number of nitrogens with one attached hydrogen (secondary N) is 1. The van der Waals surface area contributed by atoms with E-state index in [1.165, 1.54) is 17.0 Å². The summed E-state index contributed by atoms with van der Waals surface area (Å²) in [6, 6.07) is 17.8. The molecule has 1 N–H and O–H groups in total. The molecule has 0 saturated heterocycles. The number of benzene rings is 3. The predicted molar refractivity (Wildman–Crippen MR) is 142 cm³/mol. The monoisotopic (exact) mass is 525 g/mol. The first-order chi connectivity index (χ1) is 17.5. The molecule has 1 atom stereocenters. The van der Waals surface area contributed by atoms with Crippen LogP contribution >= 0.6 is 0 Å². The van der Waals surface area contributed by atoms with Gasteiger partial charge in [0.05, 0.1) is 10.6 Å². The van der Waals surface area contributed by atoms with Crippen molar-refractivity contribution in [2.45, 2.75) is 45.2 Å². The highest BCUT2D eigenvalue weighted by Gasteiger charge is 2.32. The first kappa shape index (κ1) is 27.9. The fourth-order valence-corrected chi connectivity index (χ4v) is 5.26. The van der Waals surface area contributed by atoms with E-state index in [0.717, 1.165) is 33.1 Å². The second kappa shape index (κ2) is 12.0. The van der Waals surface area contributed by atoms with E-state index in [2.05, 4.69) is 5.32 Å². The lowest BCUT2D eigenvalue weighted by Crippen LogP contribution is -2.51. The van der Waals surface area contributed by atoms with Crippen molar-refractivity contribution >= 4 is 27.5 Å². The molecule has 37 heavy (non-hydrogen) atoms. The summed E-state index contributed by atoms with van der Waals surface area (Å²) >= 11 is 0. The zero-order valence-electron chi connectivity index (χ0n) is 21.4. The van der Waals surface area contributed by atoms with Gasteiger partial charge >= 0.3 is 0 Å². The van der Waals surface area contributed by atoms with E-state index in [1.54, 1.807) is 38.1 Å². The van der Waals surface area contributed by atoms with E-state index in [0.29, 0.717) is 6.54 Å². The number of aryl methyl sites for hydroxylation is 2. The van der Waals surface area contributed by atoms with Gasteiger partial charge in [0.2, 0.25) is 11.8 Å². The second-order valence-corrected chi connectivity index (χ2v) is 10.7. The molecular weight excluding hydrogens is 493 g/mol. The summed E-state index contributed by atoms with van der Waals surface area (Å²) in [5.41, 5.74) is 2.98. The SMILES string of the molecule is CCNC(=O)[C@@H](C)N(Cc1ccccc1C)C(=O)CN(c1ccc(C)cc1)S(=O)(=O)c1ccc(F)cc1. The summed E-state index contributed by atoms with van der Waals surface area (Å²) in [6.45, 7) is 7.15. The van der Waals surface area contributed by atoms with Gasteiger partial charge < -0.3 is 10.2 Å². The molecule has 0 spiro atoms. The predicted octanol–water partition coefficient (Wildman–Crippen LogP) is 4.19. The first-order valence-corrected chi connectivity index (χ1v) is 13.4. The number of rotatable bonds is 10. The largest absolute Gasteiger partial charge is 0.355 e. The lowest BCUT2D eigenvalue weighted by atomic mass is 10.1. The Morgan fingerprint density at radius 1 is 0.946 bits per heavy atom. The average Bonchev–Trinajstić information content (AvgIpc) is 2.87. The quantitative estimate of drug-likeness (QED) is 0.430. The Hall–Kier alpha value is -3.72. The molecule has 0 aliphatic heterocycles. The van der Waals surface area contributed by atoms with Crippen molar-refractivity contribution in [1.82, 2.24) is 10.2 Å². The highest BCUT2D eigenvalue weighted by atomic mass is 32.2. The highest BCUT2D eigenvalue weighted by Crippen LogP contribution is 2.25. The lowest BCUT2D eigenvalue weighted by molar-refractivity contribution is -0.139. The Balaban J connectivity index is 2.03. The Kier molecular flexibility index (Phi) is 9.04. The maximum atomic E-state index is 13.8. The fraction of sp³-hybridized carbons (Fsp3) is 0.286. The summed E-state index contributed by atoms with van der Waals surface area (Å²) in [4.78, 5) is 27.7. The Morgan fingerprint density at radius 2 is 1.57 bits per heavy atom. The van der Waals surface area contributed by atoms with Crippen LogP contribution in [0.2, 0.25) is 0 Å². The van der Waals surface area contributed by atoms with Crippen molar-refractivity contribution in [2.75, 3.05) is 17.4 Å². The van der Waals surface area contributed by atoms with E-state index >= 15 is 0 Å². The van der Waals surface area contributed by atoms with Crippen LogP contribution in [0.1, 0.15) is 30.5 Å². The molecule has 9 heteroatoms. The average molecular weight is 526 g/mol. The minimum absolute atomic E-state index is 0.127. The van der Waals surface area contributed by atoms with Gasteiger partial charge in [-0.3, -0.25) is 13.9 Å². The number of nitrogens with zero attached hydrogens (tertiary/aromatic N) is 2. The Labute approximate surface area is 218 Å². The van der Waals surface area contributed by atoms with Crippen LogP contribution in [0.3, 0.4) is 0 Å². The molecule has 0 saturated carbocycles. The van der Waals surface area contributed by atoms with Gasteiger partial charge in [-0.05, 0) is 75.2 Å². The number of carbonyl (C=O) groups excluding carboxylic acids is 2. The summed E-state index contributed by atoms with van der Waals surface area (Å²) < 4.78 is 41.8. The molecule has 0 aliphatic rings. The number of sulfonamides is 1. The molecule has 0 heterocycles. The van der Waals surface area contributed by atoms with Crippen molar-refractivity contribution in [2.24, 2.45) is 0 Å². The Bertz CT molecular complexity index is 1340. The smallest absolute Gasteiger partial charge is 0.264 e. The van der Waals surface area contributed by atoms with Crippen LogP contribution in [0, 0.1) is 19.7 Å². The summed E-state index contributed by atoms with van der Waals surface area (Å²) in [7, 11) is -4.23. The maximum absolute atomic E-state index is 13.8. The molecule has 0 fully saturated rings. The van der Waals surface area contributed by atoms with Gasteiger partial charge in [0.1, 0.15) is 18.4 Å². The molecule has 3 aromatic rings. The van der Waals surface area contributed by atoms with Crippen molar-refractivity contribution in [1.29, 1.82) is 0 Å². The number of amides is 2. The van der Waals surface area contributed by atoms with Crippen LogP contribution in [-0.4, -0.2) is 44.3 Å². The highest BCUT2D eigenvalue weighted by molar-refractivity contribution is 7.92. The number of carbonyl (C=O) groups is 2. The fourth-order valence-electron chi connectivity index (χ4n) is 3.85. The Morgan fingerprint density at radius 3 is 2.16 bits per heavy atom. The number of halogens is 1. The topological polar surface area (TPSA) is 86.8 Å². The third kappa shape index (κ3) is 6.74. The lowest BCUT2D eigenvalue weighted by Gasteiger charge is -2.32. The van der Waals surface area contributed by atoms with Gasteiger partial charge in [-0.2, -0.15) is 0 Å². The normalized spacial score (nSPS) is 12.0. The minimum atomic E-state index is -4.23. The van der Waals surface area contributed by atoms with Crippen LogP contribution in [0.25, 0.3) is 0 Å². The standard InChI is InChI=1S/C28H32FN3O4S/c1-5-30-28(34)22(4)31(18-23-9-7-6-8-21(23)3)27(33)19-32(25-14-10-20(2)11-15-25)37(35,36)26-16-12-24(29)13-17-26/h6-17,22H,5,18-19H2,1-4H3,(H,30,34)/t22-/m1/s1. The number of hydrogen-bond donors (Lipinski definition) is 1. The van der Waals surface area contributed by atoms with E-state index in [-0.39, 0.29) is 23.0 Å². The number of likely N-dealkylation sites (N-methyl/N-ethyl adjacent to an activating group) is 1. The molecule has 2 amide bonds. The summed E-state index contributed by atoms with van der Waals surface area (Å²) in [5, 5.41) is 2.73. The van der Waals surface area contributed by atoms with Gasteiger partial charge in [0.15, 0.2) is 0 Å². The van der Waals surface area contributed by atoms with Crippen molar-refractivity contribution < 1.29 is 22.4 Å². The van der Waals surface area contributed by atoms with Gasteiger partial charge in [-0.25, -0.2) is 12.8 Å². The van der Waals surface area contributed by atoms with Crippen molar-refractivity contribution in [3.05, 3.63) is 95.3 Å². The van der Waals surface area contributed by atoms with Crippen LogP contribution in [0.4, 0.5) is 10.1 Å². The molecule has 3 rings (SSSR count). The van der Waals surface area contributed by atoms with Gasteiger partial charge in [-0.1, -0.05) is 42.0 Å². The van der Waals surface area contributed by atoms with Crippen LogP contribution in [-0.2, 0) is 26.2 Å².